The largest absolute Gasteiger partial charge is 0.382 e. The van der Waals surface area contributed by atoms with Crippen molar-refractivity contribution in [2.75, 3.05) is 71.3 Å². The van der Waals surface area contributed by atoms with E-state index in [9.17, 15) is 24.0 Å². The summed E-state index contributed by atoms with van der Waals surface area (Å²) in [6.07, 6.45) is 3.30. The number of hydrogen-bond donors (Lipinski definition) is 3. The van der Waals surface area contributed by atoms with E-state index in [1.54, 1.807) is 18.2 Å². The maximum absolute atomic E-state index is 13.1. The van der Waals surface area contributed by atoms with Gasteiger partial charge in [0.15, 0.2) is 0 Å². The average molecular weight is 575 g/mol. The third kappa shape index (κ3) is 8.32. The molecule has 2 heterocycles. The first-order valence-corrected chi connectivity index (χ1v) is 14.1. The molecular weight excluding hydrogens is 536 g/mol. The summed E-state index contributed by atoms with van der Waals surface area (Å²) < 4.78 is 21.9. The van der Waals surface area contributed by atoms with Gasteiger partial charge in [0.25, 0.3) is 11.8 Å². The van der Waals surface area contributed by atoms with Gasteiger partial charge < -0.3 is 29.6 Å². The van der Waals surface area contributed by atoms with Crippen molar-refractivity contribution in [3.8, 4) is 0 Å². The van der Waals surface area contributed by atoms with Crippen LogP contribution in [0.5, 0.6) is 0 Å². The van der Waals surface area contributed by atoms with Gasteiger partial charge in [0, 0.05) is 31.1 Å². The van der Waals surface area contributed by atoms with Crippen molar-refractivity contribution in [2.24, 2.45) is 5.92 Å². The molecule has 1 aromatic rings. The first-order chi connectivity index (χ1) is 20.0. The molecule has 3 aliphatic rings. The summed E-state index contributed by atoms with van der Waals surface area (Å²) in [7, 11) is 0. The molecule has 1 aromatic carbocycles. The molecule has 1 unspecified atom stereocenters. The minimum absolute atomic E-state index is 0.0706. The summed E-state index contributed by atoms with van der Waals surface area (Å²) in [5.74, 6) is -1.84. The Bertz CT molecular complexity index is 1110. The van der Waals surface area contributed by atoms with Crippen LogP contribution in [0.3, 0.4) is 0 Å². The quantitative estimate of drug-likeness (QED) is 0.166. The molecule has 1 saturated carbocycles. The number of anilines is 1. The SMILES string of the molecule is O=C1CCC(N2C(=O)c3cccc(NCCOCCOCCOCCOCCNC(=O)C4CCC4)c3C2=O)C(=O)N1. The van der Waals surface area contributed by atoms with Crippen LogP contribution in [-0.2, 0) is 33.3 Å². The van der Waals surface area contributed by atoms with Crippen molar-refractivity contribution in [1.29, 1.82) is 0 Å². The zero-order valence-corrected chi connectivity index (χ0v) is 23.1. The van der Waals surface area contributed by atoms with Crippen LogP contribution in [0.1, 0.15) is 52.8 Å². The highest BCUT2D eigenvalue weighted by atomic mass is 16.6. The molecule has 0 aromatic heterocycles. The lowest BCUT2D eigenvalue weighted by atomic mass is 9.85. The van der Waals surface area contributed by atoms with Crippen molar-refractivity contribution in [3.63, 3.8) is 0 Å². The molecule has 0 radical (unpaired) electrons. The Morgan fingerprint density at radius 2 is 1.46 bits per heavy atom. The van der Waals surface area contributed by atoms with Gasteiger partial charge in [-0.2, -0.15) is 0 Å². The molecule has 13 nitrogen and oxygen atoms in total. The number of imide groups is 2. The Kier molecular flexibility index (Phi) is 11.6. The Morgan fingerprint density at radius 3 is 2.07 bits per heavy atom. The number of piperidine rings is 1. The lowest BCUT2D eigenvalue weighted by molar-refractivity contribution is -0.136. The van der Waals surface area contributed by atoms with E-state index in [1.165, 1.54) is 0 Å². The van der Waals surface area contributed by atoms with Crippen molar-refractivity contribution in [1.82, 2.24) is 15.5 Å². The predicted molar refractivity (Wildman–Crippen MR) is 145 cm³/mol. The van der Waals surface area contributed by atoms with Crippen LogP contribution in [0.2, 0.25) is 0 Å². The highest BCUT2D eigenvalue weighted by molar-refractivity contribution is 6.25. The van der Waals surface area contributed by atoms with Crippen LogP contribution in [-0.4, -0.2) is 106 Å². The Hall–Kier alpha value is -3.39. The van der Waals surface area contributed by atoms with Crippen LogP contribution in [0.25, 0.3) is 0 Å². The van der Waals surface area contributed by atoms with E-state index in [2.05, 4.69) is 16.0 Å². The second-order valence-corrected chi connectivity index (χ2v) is 9.97. The number of nitrogens with one attached hydrogen (secondary N) is 3. The molecule has 2 aliphatic heterocycles. The molecule has 3 N–H and O–H groups in total. The van der Waals surface area contributed by atoms with Crippen LogP contribution >= 0.6 is 0 Å². The number of fused-ring (bicyclic) bond motifs is 1. The van der Waals surface area contributed by atoms with Gasteiger partial charge in [-0.05, 0) is 31.4 Å². The minimum atomic E-state index is -1.00. The van der Waals surface area contributed by atoms with E-state index in [0.29, 0.717) is 71.6 Å². The van der Waals surface area contributed by atoms with Gasteiger partial charge >= 0.3 is 0 Å². The smallest absolute Gasteiger partial charge is 0.264 e. The maximum Gasteiger partial charge on any atom is 0.264 e. The van der Waals surface area contributed by atoms with Crippen LogP contribution in [0.4, 0.5) is 5.69 Å². The number of carbonyl (C=O) groups excluding carboxylic acids is 5. The zero-order valence-electron chi connectivity index (χ0n) is 23.1. The fraction of sp³-hybridized carbons (Fsp3) is 0.607. The molecule has 5 amide bonds. The van der Waals surface area contributed by atoms with Crippen LogP contribution < -0.4 is 16.0 Å². The third-order valence-corrected chi connectivity index (χ3v) is 7.17. The molecule has 1 atom stereocenters. The Labute approximate surface area is 238 Å². The summed E-state index contributed by atoms with van der Waals surface area (Å²) in [6, 6.07) is 3.91. The minimum Gasteiger partial charge on any atom is -0.382 e. The highest BCUT2D eigenvalue weighted by Crippen LogP contribution is 2.32. The first-order valence-electron chi connectivity index (χ1n) is 14.1. The van der Waals surface area contributed by atoms with E-state index in [0.717, 1.165) is 24.2 Å². The van der Waals surface area contributed by atoms with E-state index in [-0.39, 0.29) is 35.8 Å². The standard InChI is InChI=1S/C28H38N4O9/c33-23-8-7-22(26(35)31-23)32-27(36)20-5-2-6-21(24(20)28(32)37)29-9-11-38-13-15-40-17-18-41-16-14-39-12-10-30-25(34)19-3-1-4-19/h2,5-6,19,22,29H,1,3-4,7-18H2,(H,30,34)(H,31,33,35). The maximum atomic E-state index is 13.1. The second-order valence-electron chi connectivity index (χ2n) is 9.97. The van der Waals surface area contributed by atoms with Crippen molar-refractivity contribution in [2.45, 2.75) is 38.1 Å². The van der Waals surface area contributed by atoms with Gasteiger partial charge in [0.1, 0.15) is 6.04 Å². The normalized spacial score (nSPS) is 18.7. The van der Waals surface area contributed by atoms with Gasteiger partial charge in [-0.15, -0.1) is 0 Å². The predicted octanol–water partition coefficient (Wildman–Crippen LogP) is 0.482. The van der Waals surface area contributed by atoms with Crippen molar-refractivity contribution >= 4 is 35.2 Å². The van der Waals surface area contributed by atoms with Gasteiger partial charge in [0.05, 0.1) is 64.0 Å². The van der Waals surface area contributed by atoms with Gasteiger partial charge in [-0.3, -0.25) is 34.2 Å². The van der Waals surface area contributed by atoms with Gasteiger partial charge in [-0.25, -0.2) is 0 Å². The van der Waals surface area contributed by atoms with Gasteiger partial charge in [0.2, 0.25) is 17.7 Å². The van der Waals surface area contributed by atoms with Crippen molar-refractivity contribution < 1.29 is 42.9 Å². The topological polar surface area (TPSA) is 162 Å². The van der Waals surface area contributed by atoms with Crippen molar-refractivity contribution in [3.05, 3.63) is 29.3 Å². The fourth-order valence-electron chi connectivity index (χ4n) is 4.74. The number of rotatable bonds is 18. The van der Waals surface area contributed by atoms with Gasteiger partial charge in [-0.1, -0.05) is 12.5 Å². The number of ether oxygens (including phenoxy) is 4. The number of nitrogens with zero attached hydrogens (tertiary/aromatic N) is 1. The summed E-state index contributed by atoms with van der Waals surface area (Å²) in [5.41, 5.74) is 0.919. The van der Waals surface area contributed by atoms with E-state index >= 15 is 0 Å². The van der Waals surface area contributed by atoms with E-state index in [4.69, 9.17) is 18.9 Å². The van der Waals surface area contributed by atoms with Crippen LogP contribution in [0, 0.1) is 5.92 Å². The third-order valence-electron chi connectivity index (χ3n) is 7.17. The summed E-state index contributed by atoms with van der Waals surface area (Å²) in [4.78, 5) is 62.3. The molecule has 1 saturated heterocycles. The first kappa shape index (κ1) is 30.6. The lowest BCUT2D eigenvalue weighted by Gasteiger charge is -2.27. The second kappa shape index (κ2) is 15.6. The Morgan fingerprint density at radius 1 is 0.829 bits per heavy atom. The number of amides is 5. The molecule has 41 heavy (non-hydrogen) atoms. The number of carbonyl (C=O) groups is 5. The highest BCUT2D eigenvalue weighted by Gasteiger charge is 2.45. The zero-order chi connectivity index (χ0) is 29.0. The molecular formula is C28H38N4O9. The molecule has 13 heteroatoms. The summed E-state index contributed by atoms with van der Waals surface area (Å²) in [5, 5.41) is 8.19. The monoisotopic (exact) mass is 574 g/mol. The number of hydrogen-bond acceptors (Lipinski definition) is 10. The van der Waals surface area contributed by atoms with E-state index in [1.807, 2.05) is 0 Å². The summed E-state index contributed by atoms with van der Waals surface area (Å²) in [6.45, 7) is 4.26. The molecule has 0 spiro atoms. The van der Waals surface area contributed by atoms with Crippen LogP contribution in [0.15, 0.2) is 18.2 Å². The fourth-order valence-corrected chi connectivity index (χ4v) is 4.74. The Balaban J connectivity index is 1.01. The molecule has 0 bridgehead atoms. The molecule has 2 fully saturated rings. The number of benzene rings is 1. The molecule has 224 valence electrons. The molecule has 1 aliphatic carbocycles. The van der Waals surface area contributed by atoms with E-state index < -0.39 is 29.7 Å². The average Bonchev–Trinajstić information content (AvgIpc) is 3.17. The summed E-state index contributed by atoms with van der Waals surface area (Å²) >= 11 is 0. The lowest BCUT2D eigenvalue weighted by Crippen LogP contribution is -2.54. The molecule has 4 rings (SSSR count).